The van der Waals surface area contributed by atoms with Crippen LogP contribution in [0.1, 0.15) is 33.6 Å². The van der Waals surface area contributed by atoms with E-state index in [2.05, 4.69) is 10.6 Å². The number of benzene rings is 1. The zero-order valence-corrected chi connectivity index (χ0v) is 19.6. The molecule has 1 saturated heterocycles. The van der Waals surface area contributed by atoms with Crippen LogP contribution in [0.4, 0.5) is 5.69 Å². The van der Waals surface area contributed by atoms with E-state index >= 15 is 0 Å². The van der Waals surface area contributed by atoms with E-state index in [4.69, 9.17) is 24.7 Å². The van der Waals surface area contributed by atoms with Gasteiger partial charge in [0.05, 0.1) is 64.0 Å². The molecular weight excluding hydrogens is 460 g/mol. The van der Waals surface area contributed by atoms with Crippen molar-refractivity contribution >= 4 is 29.3 Å². The molecule has 12 nitrogen and oxygen atoms in total. The van der Waals surface area contributed by atoms with Crippen LogP contribution < -0.4 is 16.4 Å². The van der Waals surface area contributed by atoms with Crippen molar-refractivity contribution in [2.45, 2.75) is 18.9 Å². The van der Waals surface area contributed by atoms with Gasteiger partial charge < -0.3 is 30.0 Å². The number of carbonyl (C=O) groups excluding carboxylic acids is 4. The molecule has 4 N–H and O–H groups in total. The molecular formula is C23H32N4O8. The van der Waals surface area contributed by atoms with E-state index in [1.165, 1.54) is 0 Å². The lowest BCUT2D eigenvalue weighted by Crippen LogP contribution is -2.54. The highest BCUT2D eigenvalue weighted by atomic mass is 16.6. The molecule has 3 rings (SSSR count). The standard InChI is InChI=1S/C23H32N4O8/c24-6-8-32-10-12-34-14-15-35-13-11-33-9-7-25-17-3-1-2-16-20(17)23(31)27(22(16)30)18-4-5-19(28)26-21(18)29/h1-3,18,25H,4-15,24H2,(H,26,28,29). The summed E-state index contributed by atoms with van der Waals surface area (Å²) in [6, 6.07) is 3.92. The van der Waals surface area contributed by atoms with Gasteiger partial charge in [-0.05, 0) is 18.6 Å². The Bertz CT molecular complexity index is 910. The smallest absolute Gasteiger partial charge is 0.264 e. The molecule has 1 unspecified atom stereocenters. The summed E-state index contributed by atoms with van der Waals surface area (Å²) in [6.45, 7) is 4.52. The number of rotatable bonds is 16. The third kappa shape index (κ3) is 7.29. The molecule has 0 aliphatic carbocycles. The van der Waals surface area contributed by atoms with Gasteiger partial charge >= 0.3 is 0 Å². The predicted octanol–water partition coefficient (Wildman–Crippen LogP) is -0.475. The van der Waals surface area contributed by atoms with Gasteiger partial charge in [0.25, 0.3) is 11.8 Å². The van der Waals surface area contributed by atoms with E-state index in [1.807, 2.05) is 0 Å². The Morgan fingerprint density at radius 1 is 0.886 bits per heavy atom. The van der Waals surface area contributed by atoms with Crippen molar-refractivity contribution in [3.05, 3.63) is 29.3 Å². The van der Waals surface area contributed by atoms with E-state index in [1.54, 1.807) is 18.2 Å². The maximum atomic E-state index is 13.0. The summed E-state index contributed by atoms with van der Waals surface area (Å²) >= 11 is 0. The largest absolute Gasteiger partial charge is 0.382 e. The van der Waals surface area contributed by atoms with Crippen LogP contribution in [0.15, 0.2) is 18.2 Å². The fourth-order valence-electron chi connectivity index (χ4n) is 3.77. The Morgan fingerprint density at radius 3 is 2.14 bits per heavy atom. The molecule has 0 radical (unpaired) electrons. The summed E-state index contributed by atoms with van der Waals surface area (Å²) in [7, 11) is 0. The molecule has 0 saturated carbocycles. The Kier molecular flexibility index (Phi) is 10.6. The lowest BCUT2D eigenvalue weighted by Gasteiger charge is -2.27. The second kappa shape index (κ2) is 13.9. The molecule has 2 aliphatic rings. The Morgan fingerprint density at radius 2 is 1.51 bits per heavy atom. The maximum absolute atomic E-state index is 13.0. The topological polar surface area (TPSA) is 159 Å². The number of nitrogens with zero attached hydrogens (tertiary/aromatic N) is 1. The second-order valence-corrected chi connectivity index (χ2v) is 7.84. The van der Waals surface area contributed by atoms with Crippen molar-refractivity contribution in [3.63, 3.8) is 0 Å². The fraction of sp³-hybridized carbons (Fsp3) is 0.565. The van der Waals surface area contributed by atoms with Gasteiger partial charge in [-0.3, -0.25) is 29.4 Å². The summed E-state index contributed by atoms with van der Waals surface area (Å²) in [6.07, 6.45) is 0.192. The number of piperidine rings is 1. The van der Waals surface area contributed by atoms with E-state index in [9.17, 15) is 19.2 Å². The van der Waals surface area contributed by atoms with Crippen LogP contribution in [-0.2, 0) is 28.5 Å². The van der Waals surface area contributed by atoms with E-state index in [0.29, 0.717) is 71.6 Å². The lowest BCUT2D eigenvalue weighted by atomic mass is 10.0. The highest BCUT2D eigenvalue weighted by Gasteiger charge is 2.45. The number of fused-ring (bicyclic) bond motifs is 1. The third-order valence-electron chi connectivity index (χ3n) is 5.41. The van der Waals surface area contributed by atoms with Crippen LogP contribution in [0.2, 0.25) is 0 Å². The SMILES string of the molecule is NCCOCCOCCOCCOCCNc1cccc2c1C(=O)N(C1CCC(=O)NC1=O)C2=O. The van der Waals surface area contributed by atoms with Gasteiger partial charge in [-0.15, -0.1) is 0 Å². The van der Waals surface area contributed by atoms with Crippen molar-refractivity contribution < 1.29 is 38.1 Å². The van der Waals surface area contributed by atoms with Gasteiger partial charge in [0.1, 0.15) is 6.04 Å². The molecule has 2 aliphatic heterocycles. The van der Waals surface area contributed by atoms with Crippen molar-refractivity contribution in [2.24, 2.45) is 5.73 Å². The number of anilines is 1. The molecule has 1 aromatic rings. The molecule has 35 heavy (non-hydrogen) atoms. The number of nitrogens with one attached hydrogen (secondary N) is 2. The minimum atomic E-state index is -0.994. The predicted molar refractivity (Wildman–Crippen MR) is 124 cm³/mol. The fourth-order valence-corrected chi connectivity index (χ4v) is 3.77. The zero-order valence-electron chi connectivity index (χ0n) is 19.6. The van der Waals surface area contributed by atoms with E-state index < -0.39 is 29.7 Å². The average Bonchev–Trinajstić information content (AvgIpc) is 3.10. The highest BCUT2D eigenvalue weighted by Crippen LogP contribution is 2.32. The first-order chi connectivity index (χ1) is 17.0. The van der Waals surface area contributed by atoms with Crippen LogP contribution in [0.25, 0.3) is 0 Å². The third-order valence-corrected chi connectivity index (χ3v) is 5.41. The monoisotopic (exact) mass is 492 g/mol. The first-order valence-corrected chi connectivity index (χ1v) is 11.6. The Labute approximate surface area is 203 Å². The second-order valence-electron chi connectivity index (χ2n) is 7.84. The highest BCUT2D eigenvalue weighted by molar-refractivity contribution is 6.25. The number of nitrogens with two attached hydrogens (primary N) is 1. The zero-order chi connectivity index (χ0) is 25.0. The Balaban J connectivity index is 1.35. The molecule has 192 valence electrons. The molecule has 1 aromatic carbocycles. The Hall–Kier alpha value is -2.90. The first kappa shape index (κ1) is 26.7. The molecule has 4 amide bonds. The van der Waals surface area contributed by atoms with Gasteiger partial charge in [0.15, 0.2) is 0 Å². The molecule has 1 atom stereocenters. The summed E-state index contributed by atoms with van der Waals surface area (Å²) in [4.78, 5) is 50.4. The van der Waals surface area contributed by atoms with Gasteiger partial charge in [0, 0.05) is 25.2 Å². The molecule has 12 heteroatoms. The lowest BCUT2D eigenvalue weighted by molar-refractivity contribution is -0.136. The van der Waals surface area contributed by atoms with Gasteiger partial charge in [-0.25, -0.2) is 0 Å². The molecule has 0 bridgehead atoms. The van der Waals surface area contributed by atoms with Crippen LogP contribution in [0.3, 0.4) is 0 Å². The quantitative estimate of drug-likeness (QED) is 0.203. The minimum absolute atomic E-state index is 0.0766. The number of hydrogen-bond donors (Lipinski definition) is 3. The first-order valence-electron chi connectivity index (χ1n) is 11.6. The van der Waals surface area contributed by atoms with Gasteiger partial charge in [-0.2, -0.15) is 0 Å². The number of ether oxygens (including phenoxy) is 4. The summed E-state index contributed by atoms with van der Waals surface area (Å²) in [5.74, 6) is -2.13. The number of hydrogen-bond acceptors (Lipinski definition) is 10. The normalized spacial score (nSPS) is 17.6. The van der Waals surface area contributed by atoms with E-state index in [-0.39, 0.29) is 24.0 Å². The number of imide groups is 2. The molecule has 1 fully saturated rings. The number of carbonyl (C=O) groups is 4. The van der Waals surface area contributed by atoms with Gasteiger partial charge in [0.2, 0.25) is 11.8 Å². The van der Waals surface area contributed by atoms with Crippen LogP contribution in [0, 0.1) is 0 Å². The maximum Gasteiger partial charge on any atom is 0.264 e. The number of amides is 4. The van der Waals surface area contributed by atoms with Crippen LogP contribution in [-0.4, -0.2) is 101 Å². The summed E-state index contributed by atoms with van der Waals surface area (Å²) < 4.78 is 21.5. The van der Waals surface area contributed by atoms with Crippen LogP contribution in [0.5, 0.6) is 0 Å². The van der Waals surface area contributed by atoms with Crippen molar-refractivity contribution in [2.75, 3.05) is 71.3 Å². The van der Waals surface area contributed by atoms with Crippen LogP contribution >= 0.6 is 0 Å². The van der Waals surface area contributed by atoms with E-state index in [0.717, 1.165) is 4.90 Å². The molecule has 0 aromatic heterocycles. The van der Waals surface area contributed by atoms with Crippen molar-refractivity contribution in [3.8, 4) is 0 Å². The molecule has 0 spiro atoms. The average molecular weight is 493 g/mol. The van der Waals surface area contributed by atoms with Crippen molar-refractivity contribution in [1.29, 1.82) is 0 Å². The minimum Gasteiger partial charge on any atom is -0.382 e. The summed E-state index contributed by atoms with van der Waals surface area (Å²) in [5.41, 5.74) is 6.26. The summed E-state index contributed by atoms with van der Waals surface area (Å²) in [5, 5.41) is 5.31. The van der Waals surface area contributed by atoms with Crippen molar-refractivity contribution in [1.82, 2.24) is 10.2 Å². The van der Waals surface area contributed by atoms with Gasteiger partial charge in [-0.1, -0.05) is 6.07 Å². The molecule has 2 heterocycles.